The van der Waals surface area contributed by atoms with Crippen molar-refractivity contribution < 1.29 is 14.3 Å². The van der Waals surface area contributed by atoms with E-state index in [1.165, 1.54) is 0 Å². The number of rotatable bonds is 4. The van der Waals surface area contributed by atoms with Gasteiger partial charge >= 0.3 is 0 Å². The number of amides is 1. The van der Waals surface area contributed by atoms with Crippen LogP contribution in [0.25, 0.3) is 10.9 Å². The molecule has 2 heterocycles. The minimum atomic E-state index is -0.00417. The van der Waals surface area contributed by atoms with Crippen molar-refractivity contribution in [3.63, 3.8) is 0 Å². The van der Waals surface area contributed by atoms with Gasteiger partial charge in [0.05, 0.1) is 25.3 Å². The normalized spacial score (nSPS) is 13.7. The number of ether oxygens (including phenoxy) is 2. The first-order valence-corrected chi connectivity index (χ1v) is 9.72. The van der Waals surface area contributed by atoms with Crippen LogP contribution < -0.4 is 10.1 Å². The van der Waals surface area contributed by atoms with Crippen LogP contribution in [-0.4, -0.2) is 54.2 Å². The van der Waals surface area contributed by atoms with Crippen LogP contribution in [0.5, 0.6) is 5.75 Å². The topological polar surface area (TPSA) is 76.6 Å². The lowest BCUT2D eigenvalue weighted by molar-refractivity contribution is 0.0303. The van der Waals surface area contributed by atoms with Gasteiger partial charge in [0, 0.05) is 41.5 Å². The summed E-state index contributed by atoms with van der Waals surface area (Å²) in [7, 11) is 1.54. The SMILES string of the molecule is C#Cc1cc(OC)c2nc(Nc3ccc(C(=O)N4CCOCC4)cc3)ncc2c1Cl. The van der Waals surface area contributed by atoms with Crippen molar-refractivity contribution >= 4 is 40.0 Å². The molecule has 0 atom stereocenters. The molecule has 1 amide bonds. The molecule has 152 valence electrons. The standard InChI is InChI=1S/C22H19ClN4O3/c1-3-14-12-18(29-2)20-17(19(14)23)13-24-22(26-20)25-16-6-4-15(5-7-16)21(28)27-8-10-30-11-9-27/h1,4-7,12-13H,8-11H2,2H3,(H,24,25,26). The summed E-state index contributed by atoms with van der Waals surface area (Å²) in [6.07, 6.45) is 7.11. The zero-order chi connectivity index (χ0) is 21.1. The molecule has 0 saturated carbocycles. The Morgan fingerprint density at radius 1 is 1.30 bits per heavy atom. The molecule has 1 aliphatic heterocycles. The third kappa shape index (κ3) is 3.88. The van der Waals surface area contributed by atoms with Gasteiger partial charge in [0.25, 0.3) is 5.91 Å². The number of carbonyl (C=O) groups excluding carboxylic acids is 1. The number of methoxy groups -OCH3 is 1. The molecule has 0 radical (unpaired) electrons. The lowest BCUT2D eigenvalue weighted by Crippen LogP contribution is -2.40. The predicted molar refractivity (Wildman–Crippen MR) is 115 cm³/mol. The van der Waals surface area contributed by atoms with E-state index in [0.717, 1.165) is 5.69 Å². The summed E-state index contributed by atoms with van der Waals surface area (Å²) in [5, 5.41) is 4.16. The molecule has 1 fully saturated rings. The molecule has 2 aromatic carbocycles. The molecular weight excluding hydrogens is 404 g/mol. The van der Waals surface area contributed by atoms with Crippen LogP contribution in [0.2, 0.25) is 5.02 Å². The van der Waals surface area contributed by atoms with Gasteiger partial charge in [0.15, 0.2) is 0 Å². The van der Waals surface area contributed by atoms with E-state index in [1.807, 2.05) is 12.1 Å². The fourth-order valence-electron chi connectivity index (χ4n) is 3.23. The van der Waals surface area contributed by atoms with Gasteiger partial charge in [-0.3, -0.25) is 4.79 Å². The second kappa shape index (κ2) is 8.57. The molecular formula is C22H19ClN4O3. The summed E-state index contributed by atoms with van der Waals surface area (Å²) in [6, 6.07) is 8.85. The Morgan fingerprint density at radius 3 is 2.70 bits per heavy atom. The highest BCUT2D eigenvalue weighted by Gasteiger charge is 2.18. The summed E-state index contributed by atoms with van der Waals surface area (Å²) in [5.74, 6) is 3.42. The van der Waals surface area contributed by atoms with Crippen LogP contribution in [0.15, 0.2) is 36.5 Å². The quantitative estimate of drug-likeness (QED) is 0.648. The average molecular weight is 423 g/mol. The van der Waals surface area contributed by atoms with Crippen molar-refractivity contribution in [2.24, 2.45) is 0 Å². The van der Waals surface area contributed by atoms with Crippen LogP contribution in [0.4, 0.5) is 11.6 Å². The molecule has 7 nitrogen and oxygen atoms in total. The number of hydrogen-bond acceptors (Lipinski definition) is 6. The van der Waals surface area contributed by atoms with E-state index in [1.54, 1.807) is 36.4 Å². The highest BCUT2D eigenvalue weighted by atomic mass is 35.5. The van der Waals surface area contributed by atoms with Crippen molar-refractivity contribution in [1.82, 2.24) is 14.9 Å². The minimum Gasteiger partial charge on any atom is -0.494 e. The molecule has 3 aromatic rings. The molecule has 1 N–H and O–H groups in total. The summed E-state index contributed by atoms with van der Waals surface area (Å²) < 4.78 is 10.7. The Labute approximate surface area is 179 Å². The fraction of sp³-hybridized carbons (Fsp3) is 0.227. The molecule has 0 aliphatic carbocycles. The van der Waals surface area contributed by atoms with Gasteiger partial charge in [-0.25, -0.2) is 9.97 Å². The van der Waals surface area contributed by atoms with Crippen LogP contribution >= 0.6 is 11.6 Å². The van der Waals surface area contributed by atoms with Crippen LogP contribution in [-0.2, 0) is 4.74 Å². The lowest BCUT2D eigenvalue weighted by Gasteiger charge is -2.26. The second-order valence-electron chi connectivity index (χ2n) is 6.65. The van der Waals surface area contributed by atoms with Gasteiger partial charge in [-0.05, 0) is 30.3 Å². The predicted octanol–water partition coefficient (Wildman–Crippen LogP) is 3.49. The molecule has 4 rings (SSSR count). The summed E-state index contributed by atoms with van der Waals surface area (Å²) in [4.78, 5) is 23.2. The van der Waals surface area contributed by atoms with E-state index >= 15 is 0 Å². The lowest BCUT2D eigenvalue weighted by atomic mass is 10.1. The Balaban J connectivity index is 1.57. The first-order chi connectivity index (χ1) is 14.6. The molecule has 1 aliphatic rings. The number of hydrogen-bond donors (Lipinski definition) is 1. The highest BCUT2D eigenvalue weighted by molar-refractivity contribution is 6.36. The van der Waals surface area contributed by atoms with Gasteiger partial charge in [-0.15, -0.1) is 6.42 Å². The van der Waals surface area contributed by atoms with Crippen LogP contribution in [0.3, 0.4) is 0 Å². The van der Waals surface area contributed by atoms with Gasteiger partial charge in [0.1, 0.15) is 11.3 Å². The summed E-state index contributed by atoms with van der Waals surface area (Å²) in [5.41, 5.74) is 2.44. The smallest absolute Gasteiger partial charge is 0.254 e. The zero-order valence-corrected chi connectivity index (χ0v) is 17.1. The van der Waals surface area contributed by atoms with Gasteiger partial charge in [0.2, 0.25) is 5.95 Å². The highest BCUT2D eigenvalue weighted by Crippen LogP contribution is 2.33. The Kier molecular flexibility index (Phi) is 5.70. The van der Waals surface area contributed by atoms with Gasteiger partial charge in [-0.1, -0.05) is 17.5 Å². The van der Waals surface area contributed by atoms with Crippen molar-refractivity contribution in [2.75, 3.05) is 38.7 Å². The number of benzene rings is 2. The summed E-state index contributed by atoms with van der Waals surface area (Å²) in [6.45, 7) is 2.35. The molecule has 8 heteroatoms. The number of halogens is 1. The summed E-state index contributed by atoms with van der Waals surface area (Å²) >= 11 is 6.35. The van der Waals surface area contributed by atoms with Crippen molar-refractivity contribution in [3.8, 4) is 18.1 Å². The van der Waals surface area contributed by atoms with Crippen LogP contribution in [0.1, 0.15) is 15.9 Å². The monoisotopic (exact) mass is 422 g/mol. The van der Waals surface area contributed by atoms with Crippen molar-refractivity contribution in [2.45, 2.75) is 0 Å². The molecule has 0 unspecified atom stereocenters. The largest absolute Gasteiger partial charge is 0.494 e. The van der Waals surface area contributed by atoms with Crippen molar-refractivity contribution in [1.29, 1.82) is 0 Å². The third-order valence-corrected chi connectivity index (χ3v) is 5.24. The van der Waals surface area contributed by atoms with E-state index in [9.17, 15) is 4.79 Å². The number of morpholine rings is 1. The number of terminal acetylenes is 1. The van der Waals surface area contributed by atoms with E-state index < -0.39 is 0 Å². The molecule has 1 aromatic heterocycles. The maximum absolute atomic E-state index is 12.6. The maximum Gasteiger partial charge on any atom is 0.254 e. The first-order valence-electron chi connectivity index (χ1n) is 9.34. The zero-order valence-electron chi connectivity index (χ0n) is 16.3. The molecule has 30 heavy (non-hydrogen) atoms. The number of aromatic nitrogens is 2. The van der Waals surface area contributed by atoms with Gasteiger partial charge in [-0.2, -0.15) is 0 Å². The first kappa shape index (κ1) is 20.0. The van der Waals surface area contributed by atoms with Crippen LogP contribution in [0, 0.1) is 12.3 Å². The third-order valence-electron chi connectivity index (χ3n) is 4.83. The fourth-order valence-corrected chi connectivity index (χ4v) is 3.48. The Morgan fingerprint density at radius 2 is 2.03 bits per heavy atom. The van der Waals surface area contributed by atoms with E-state index in [-0.39, 0.29) is 5.91 Å². The number of nitrogens with zero attached hydrogens (tertiary/aromatic N) is 3. The number of fused-ring (bicyclic) bond motifs is 1. The van der Waals surface area contributed by atoms with Crippen molar-refractivity contribution in [3.05, 3.63) is 52.7 Å². The molecule has 0 spiro atoms. The van der Waals surface area contributed by atoms with Gasteiger partial charge < -0.3 is 19.7 Å². The minimum absolute atomic E-state index is 0.00417. The Bertz CT molecular complexity index is 1140. The molecule has 1 saturated heterocycles. The molecule has 0 bridgehead atoms. The van der Waals surface area contributed by atoms with E-state index in [0.29, 0.717) is 65.1 Å². The number of carbonyl (C=O) groups is 1. The Hall–Kier alpha value is -3.34. The number of anilines is 2. The average Bonchev–Trinajstić information content (AvgIpc) is 2.80. The second-order valence-corrected chi connectivity index (χ2v) is 7.03. The van der Waals surface area contributed by atoms with E-state index in [4.69, 9.17) is 27.5 Å². The van der Waals surface area contributed by atoms with E-state index in [2.05, 4.69) is 21.2 Å². The number of nitrogens with one attached hydrogen (secondary N) is 1. The maximum atomic E-state index is 12.6.